The zero-order chi connectivity index (χ0) is 25.1. The summed E-state index contributed by atoms with van der Waals surface area (Å²) in [5.74, 6) is -0.496. The molecule has 1 atom stereocenters. The normalized spacial score (nSPS) is 12.0. The minimum absolute atomic E-state index is 0.0468. The molecule has 0 aliphatic rings. The molecule has 8 nitrogen and oxygen atoms in total. The van der Waals surface area contributed by atoms with Crippen LogP contribution in [0.15, 0.2) is 91.5 Å². The number of rotatable bonds is 9. The molecular weight excluding hydrogens is 452 g/mol. The first-order valence-corrected chi connectivity index (χ1v) is 11.7. The molecule has 5 aromatic rings. The lowest BCUT2D eigenvalue weighted by Gasteiger charge is -2.18. The number of carbonyl (C=O) groups is 2. The molecule has 2 aromatic carbocycles. The molecule has 0 aliphatic heterocycles. The van der Waals surface area contributed by atoms with Crippen molar-refractivity contribution in [3.8, 4) is 11.1 Å². The largest absolute Gasteiger partial charge is 0.366 e. The molecule has 3 heterocycles. The number of nitrogens with two attached hydrogens (primary N) is 1. The maximum absolute atomic E-state index is 13.8. The van der Waals surface area contributed by atoms with Gasteiger partial charge in [-0.1, -0.05) is 48.5 Å². The van der Waals surface area contributed by atoms with E-state index < -0.39 is 11.9 Å². The van der Waals surface area contributed by atoms with Gasteiger partial charge in [0.15, 0.2) is 5.78 Å². The van der Waals surface area contributed by atoms with Crippen LogP contribution in [0.4, 0.5) is 0 Å². The molecule has 0 unspecified atom stereocenters. The van der Waals surface area contributed by atoms with Crippen LogP contribution in [0.1, 0.15) is 37.9 Å². The van der Waals surface area contributed by atoms with E-state index in [1.807, 2.05) is 74.0 Å². The number of primary amides is 1. The first-order chi connectivity index (χ1) is 17.5. The molecule has 0 saturated heterocycles. The van der Waals surface area contributed by atoms with Crippen LogP contribution >= 0.6 is 0 Å². The number of fused-ring (bicyclic) bond motifs is 1. The highest BCUT2D eigenvalue weighted by molar-refractivity contribution is 6.06. The molecule has 1 amide bonds. The van der Waals surface area contributed by atoms with E-state index >= 15 is 0 Å². The number of nitrogens with zero attached hydrogens (tertiary/aromatic N) is 4. The third kappa shape index (κ3) is 4.80. The standard InChI is InChI=1S/C28H26N6O2/c1-33-17-23(15-31-33)22-11-12-25-24(16-32-34(25)18-22)27(35)26(20-5-3-2-4-6-20)30-14-13-19-7-9-21(10-8-19)28(29)36/h2-12,15-18,26,30H,13-14H2,1H3,(H2,29,36)/t26-/m1/s1. The molecule has 0 aliphatic carbocycles. The van der Waals surface area contributed by atoms with Crippen LogP contribution in [0, 0.1) is 0 Å². The second-order valence-electron chi connectivity index (χ2n) is 8.68. The number of amides is 1. The van der Waals surface area contributed by atoms with Crippen LogP contribution < -0.4 is 11.1 Å². The monoisotopic (exact) mass is 478 g/mol. The molecular formula is C28H26N6O2. The Morgan fingerprint density at radius 1 is 0.917 bits per heavy atom. The fraction of sp³-hybridized carbons (Fsp3) is 0.143. The maximum atomic E-state index is 13.8. The third-order valence-electron chi connectivity index (χ3n) is 6.22. The fourth-order valence-corrected chi connectivity index (χ4v) is 4.27. The van der Waals surface area contributed by atoms with E-state index in [4.69, 9.17) is 5.73 Å². The van der Waals surface area contributed by atoms with Crippen molar-refractivity contribution < 1.29 is 9.59 Å². The lowest BCUT2D eigenvalue weighted by Crippen LogP contribution is -2.30. The second-order valence-corrected chi connectivity index (χ2v) is 8.68. The number of benzene rings is 2. The third-order valence-corrected chi connectivity index (χ3v) is 6.22. The highest BCUT2D eigenvalue weighted by Gasteiger charge is 2.24. The predicted molar refractivity (Wildman–Crippen MR) is 138 cm³/mol. The van der Waals surface area contributed by atoms with Crippen molar-refractivity contribution in [2.75, 3.05) is 6.54 Å². The van der Waals surface area contributed by atoms with E-state index in [9.17, 15) is 9.59 Å². The lowest BCUT2D eigenvalue weighted by molar-refractivity contribution is 0.0943. The van der Waals surface area contributed by atoms with Gasteiger partial charge in [-0.2, -0.15) is 10.2 Å². The molecule has 180 valence electrons. The molecule has 8 heteroatoms. The Kier molecular flexibility index (Phi) is 6.42. The topological polar surface area (TPSA) is 107 Å². The summed E-state index contributed by atoms with van der Waals surface area (Å²) in [6.07, 6.45) is 7.97. The first kappa shape index (κ1) is 23.2. The Morgan fingerprint density at radius 2 is 1.69 bits per heavy atom. The van der Waals surface area contributed by atoms with E-state index in [0.717, 1.165) is 27.8 Å². The maximum Gasteiger partial charge on any atom is 0.248 e. The minimum atomic E-state index is -0.526. The fourth-order valence-electron chi connectivity index (χ4n) is 4.27. The summed E-state index contributed by atoms with van der Waals surface area (Å²) >= 11 is 0. The van der Waals surface area contributed by atoms with Crippen molar-refractivity contribution in [1.29, 1.82) is 0 Å². The summed E-state index contributed by atoms with van der Waals surface area (Å²) in [6, 6.07) is 20.3. The summed E-state index contributed by atoms with van der Waals surface area (Å²) in [5, 5.41) is 12.1. The van der Waals surface area contributed by atoms with Gasteiger partial charge in [0.1, 0.15) is 0 Å². The van der Waals surface area contributed by atoms with E-state index in [0.29, 0.717) is 24.1 Å². The number of Topliss-reactive ketones (excluding diaryl/α,β-unsaturated/α-hetero) is 1. The summed E-state index contributed by atoms with van der Waals surface area (Å²) in [6.45, 7) is 0.575. The zero-order valence-electron chi connectivity index (χ0n) is 19.8. The van der Waals surface area contributed by atoms with Crippen LogP contribution in [-0.4, -0.2) is 37.6 Å². The van der Waals surface area contributed by atoms with Gasteiger partial charge in [0.05, 0.1) is 29.5 Å². The Morgan fingerprint density at radius 3 is 2.39 bits per heavy atom. The number of hydrogen-bond donors (Lipinski definition) is 2. The number of aryl methyl sites for hydroxylation is 1. The Bertz CT molecular complexity index is 1520. The van der Waals surface area contributed by atoms with Gasteiger partial charge in [0.2, 0.25) is 5.91 Å². The minimum Gasteiger partial charge on any atom is -0.366 e. The molecule has 0 radical (unpaired) electrons. The van der Waals surface area contributed by atoms with Gasteiger partial charge in [-0.25, -0.2) is 4.52 Å². The van der Waals surface area contributed by atoms with Crippen LogP contribution in [0.2, 0.25) is 0 Å². The van der Waals surface area contributed by atoms with Gasteiger partial charge in [-0.3, -0.25) is 14.3 Å². The van der Waals surface area contributed by atoms with Gasteiger partial charge in [0.25, 0.3) is 0 Å². The summed E-state index contributed by atoms with van der Waals surface area (Å²) < 4.78 is 3.48. The van der Waals surface area contributed by atoms with Gasteiger partial charge < -0.3 is 11.1 Å². The molecule has 36 heavy (non-hydrogen) atoms. The van der Waals surface area contributed by atoms with Crippen molar-refractivity contribution in [2.24, 2.45) is 12.8 Å². The van der Waals surface area contributed by atoms with Crippen LogP contribution in [-0.2, 0) is 13.5 Å². The van der Waals surface area contributed by atoms with Gasteiger partial charge in [-0.05, 0) is 35.7 Å². The highest BCUT2D eigenvalue weighted by Crippen LogP contribution is 2.25. The van der Waals surface area contributed by atoms with Crippen LogP contribution in [0.5, 0.6) is 0 Å². The van der Waals surface area contributed by atoms with Crippen molar-refractivity contribution in [1.82, 2.24) is 24.7 Å². The average Bonchev–Trinajstić information content (AvgIpc) is 3.53. The Hall–Kier alpha value is -4.56. The lowest BCUT2D eigenvalue weighted by atomic mass is 9.97. The average molecular weight is 479 g/mol. The van der Waals surface area contributed by atoms with Crippen LogP contribution in [0.3, 0.4) is 0 Å². The number of carbonyl (C=O) groups excluding carboxylic acids is 2. The summed E-state index contributed by atoms with van der Waals surface area (Å²) in [5.41, 5.74) is 11.0. The molecule has 0 bridgehead atoms. The van der Waals surface area contributed by atoms with E-state index in [-0.39, 0.29) is 5.78 Å². The number of pyridine rings is 1. The quantitative estimate of drug-likeness (QED) is 0.315. The Labute approximate surface area is 208 Å². The van der Waals surface area contributed by atoms with Crippen molar-refractivity contribution in [3.63, 3.8) is 0 Å². The van der Waals surface area contributed by atoms with E-state index in [1.165, 1.54) is 0 Å². The van der Waals surface area contributed by atoms with Crippen molar-refractivity contribution >= 4 is 17.2 Å². The van der Waals surface area contributed by atoms with Crippen molar-refractivity contribution in [3.05, 3.63) is 114 Å². The molecule has 5 rings (SSSR count). The highest BCUT2D eigenvalue weighted by atomic mass is 16.1. The molecule has 3 N–H and O–H groups in total. The number of aromatic nitrogens is 4. The molecule has 0 saturated carbocycles. The number of ketones is 1. The zero-order valence-corrected chi connectivity index (χ0v) is 19.8. The Balaban J connectivity index is 1.37. The van der Waals surface area contributed by atoms with Gasteiger partial charge in [0, 0.05) is 42.7 Å². The summed E-state index contributed by atoms with van der Waals surface area (Å²) in [7, 11) is 1.87. The number of nitrogens with one attached hydrogen (secondary N) is 1. The molecule has 0 spiro atoms. The van der Waals surface area contributed by atoms with E-state index in [2.05, 4.69) is 15.5 Å². The van der Waals surface area contributed by atoms with E-state index in [1.54, 1.807) is 33.7 Å². The molecule has 3 aromatic heterocycles. The summed E-state index contributed by atoms with van der Waals surface area (Å²) in [4.78, 5) is 25.1. The number of hydrogen-bond acceptors (Lipinski definition) is 5. The molecule has 0 fully saturated rings. The first-order valence-electron chi connectivity index (χ1n) is 11.7. The van der Waals surface area contributed by atoms with Crippen molar-refractivity contribution in [2.45, 2.75) is 12.5 Å². The SMILES string of the molecule is Cn1cc(-c2ccc3c(C(=O)[C@H](NCCc4ccc(C(N)=O)cc4)c4ccccc4)cnn3c2)cn1. The second kappa shape index (κ2) is 9.97. The van der Waals surface area contributed by atoms with Gasteiger partial charge >= 0.3 is 0 Å². The smallest absolute Gasteiger partial charge is 0.248 e. The van der Waals surface area contributed by atoms with Crippen LogP contribution in [0.25, 0.3) is 16.6 Å². The predicted octanol–water partition coefficient (Wildman–Crippen LogP) is 3.59. The van der Waals surface area contributed by atoms with Gasteiger partial charge in [-0.15, -0.1) is 0 Å².